The van der Waals surface area contributed by atoms with Crippen LogP contribution in [-0.4, -0.2) is 22.7 Å². The molecule has 0 aliphatic rings. The smallest absolute Gasteiger partial charge is 0.153 e. The number of aryl methyl sites for hydroxylation is 1. The van der Waals surface area contributed by atoms with Gasteiger partial charge >= 0.3 is 0 Å². The van der Waals surface area contributed by atoms with E-state index in [2.05, 4.69) is 12.0 Å². The van der Waals surface area contributed by atoms with Crippen LogP contribution in [0.4, 0.5) is 0 Å². The van der Waals surface area contributed by atoms with Gasteiger partial charge in [-0.1, -0.05) is 13.3 Å². The summed E-state index contributed by atoms with van der Waals surface area (Å²) in [6.45, 7) is 5.57. The third kappa shape index (κ3) is 3.26. The van der Waals surface area contributed by atoms with Crippen molar-refractivity contribution >= 4 is 6.29 Å². The van der Waals surface area contributed by atoms with Crippen LogP contribution < -0.4 is 4.74 Å². The number of carbonyl (C=O) groups is 1. The van der Waals surface area contributed by atoms with Crippen molar-refractivity contribution in [2.45, 2.75) is 33.2 Å². The first-order valence-corrected chi connectivity index (χ1v) is 7.04. The van der Waals surface area contributed by atoms with Crippen LogP contribution >= 0.6 is 0 Å². The normalized spacial score (nSPS) is 10.5. The Kier molecular flexibility index (Phi) is 4.93. The van der Waals surface area contributed by atoms with Gasteiger partial charge in [-0.3, -0.25) is 9.48 Å². The van der Waals surface area contributed by atoms with Gasteiger partial charge in [0, 0.05) is 18.3 Å². The van der Waals surface area contributed by atoms with Gasteiger partial charge in [0.25, 0.3) is 0 Å². The van der Waals surface area contributed by atoms with Gasteiger partial charge in [-0.15, -0.1) is 0 Å². The third-order valence-corrected chi connectivity index (χ3v) is 3.10. The van der Waals surface area contributed by atoms with E-state index in [0.717, 1.165) is 42.7 Å². The van der Waals surface area contributed by atoms with Crippen molar-refractivity contribution in [1.29, 1.82) is 0 Å². The zero-order chi connectivity index (χ0) is 14.4. The van der Waals surface area contributed by atoms with Gasteiger partial charge < -0.3 is 4.74 Å². The maximum Gasteiger partial charge on any atom is 0.153 e. The first kappa shape index (κ1) is 14.3. The molecule has 1 aromatic carbocycles. The van der Waals surface area contributed by atoms with Crippen molar-refractivity contribution in [3.8, 4) is 17.0 Å². The Morgan fingerprint density at radius 3 is 2.60 bits per heavy atom. The molecule has 2 aromatic rings. The average molecular weight is 272 g/mol. The van der Waals surface area contributed by atoms with Gasteiger partial charge in [0.15, 0.2) is 6.29 Å². The minimum Gasteiger partial charge on any atom is -0.494 e. The van der Waals surface area contributed by atoms with Gasteiger partial charge in [0.1, 0.15) is 11.4 Å². The molecule has 1 heterocycles. The second kappa shape index (κ2) is 6.89. The highest BCUT2D eigenvalue weighted by atomic mass is 16.5. The van der Waals surface area contributed by atoms with Crippen LogP contribution in [0.15, 0.2) is 30.5 Å². The molecule has 0 unspecified atom stereocenters. The Morgan fingerprint density at radius 2 is 2.00 bits per heavy atom. The van der Waals surface area contributed by atoms with E-state index in [0.29, 0.717) is 12.2 Å². The zero-order valence-corrected chi connectivity index (χ0v) is 12.0. The summed E-state index contributed by atoms with van der Waals surface area (Å²) in [6, 6.07) is 7.67. The fraction of sp³-hybridized carbons (Fsp3) is 0.375. The fourth-order valence-corrected chi connectivity index (χ4v) is 2.06. The number of benzene rings is 1. The van der Waals surface area contributed by atoms with E-state index >= 15 is 0 Å². The van der Waals surface area contributed by atoms with E-state index in [4.69, 9.17) is 4.74 Å². The van der Waals surface area contributed by atoms with E-state index in [-0.39, 0.29) is 0 Å². The van der Waals surface area contributed by atoms with Crippen molar-refractivity contribution < 1.29 is 9.53 Å². The van der Waals surface area contributed by atoms with Crippen molar-refractivity contribution in [3.05, 3.63) is 36.0 Å². The van der Waals surface area contributed by atoms with Crippen LogP contribution in [-0.2, 0) is 6.54 Å². The molecule has 0 N–H and O–H groups in total. The predicted octanol–water partition coefficient (Wildman–Crippen LogP) is 3.56. The van der Waals surface area contributed by atoms with E-state index in [9.17, 15) is 4.79 Å². The van der Waals surface area contributed by atoms with Gasteiger partial charge in [0.05, 0.1) is 12.2 Å². The Bertz CT molecular complexity index is 558. The minimum absolute atomic E-state index is 0.630. The topological polar surface area (TPSA) is 44.1 Å². The van der Waals surface area contributed by atoms with Gasteiger partial charge in [-0.25, -0.2) is 0 Å². The average Bonchev–Trinajstić information content (AvgIpc) is 2.89. The summed E-state index contributed by atoms with van der Waals surface area (Å²) in [7, 11) is 0. The minimum atomic E-state index is 0.630. The number of hydrogen-bond donors (Lipinski definition) is 0. The van der Waals surface area contributed by atoms with Crippen molar-refractivity contribution in [1.82, 2.24) is 9.78 Å². The van der Waals surface area contributed by atoms with Gasteiger partial charge in [-0.05, 0) is 37.6 Å². The summed E-state index contributed by atoms with van der Waals surface area (Å²) in [5.74, 6) is 0.828. The van der Waals surface area contributed by atoms with Crippen LogP contribution in [0.5, 0.6) is 5.75 Å². The molecule has 1 aromatic heterocycles. The number of hydrogen-bond acceptors (Lipinski definition) is 3. The summed E-state index contributed by atoms with van der Waals surface area (Å²) in [4.78, 5) is 11.2. The number of rotatable bonds is 7. The first-order chi connectivity index (χ1) is 9.78. The van der Waals surface area contributed by atoms with Crippen molar-refractivity contribution in [2.75, 3.05) is 6.61 Å². The monoisotopic (exact) mass is 272 g/mol. The summed E-state index contributed by atoms with van der Waals surface area (Å²) < 4.78 is 7.26. The number of aromatic nitrogens is 2. The summed E-state index contributed by atoms with van der Waals surface area (Å²) >= 11 is 0. The van der Waals surface area contributed by atoms with Crippen LogP contribution in [0.2, 0.25) is 0 Å². The van der Waals surface area contributed by atoms with E-state index in [1.807, 2.05) is 42.1 Å². The lowest BCUT2D eigenvalue weighted by atomic mass is 10.1. The molecule has 4 heteroatoms. The highest BCUT2D eigenvalue weighted by Gasteiger charge is 2.10. The van der Waals surface area contributed by atoms with E-state index in [1.165, 1.54) is 0 Å². The van der Waals surface area contributed by atoms with Crippen LogP contribution in [0.25, 0.3) is 11.3 Å². The molecule has 0 saturated heterocycles. The summed E-state index contributed by atoms with van der Waals surface area (Å²) in [6.07, 6.45) is 4.84. The lowest BCUT2D eigenvalue weighted by molar-refractivity contribution is 0.112. The van der Waals surface area contributed by atoms with Crippen LogP contribution in [0.1, 0.15) is 37.0 Å². The number of unbranched alkanes of at least 4 members (excludes halogenated alkanes) is 1. The second-order valence-electron chi connectivity index (χ2n) is 4.62. The molecule has 0 radical (unpaired) electrons. The maximum absolute atomic E-state index is 11.2. The molecule has 4 nitrogen and oxygen atoms in total. The summed E-state index contributed by atoms with van der Waals surface area (Å²) in [5, 5.41) is 4.51. The molecular weight excluding hydrogens is 252 g/mol. The molecule has 0 amide bonds. The molecule has 0 aliphatic carbocycles. The van der Waals surface area contributed by atoms with Gasteiger partial charge in [-0.2, -0.15) is 5.10 Å². The molecule has 0 atom stereocenters. The van der Waals surface area contributed by atoms with Crippen molar-refractivity contribution in [2.24, 2.45) is 0 Å². The van der Waals surface area contributed by atoms with Crippen molar-refractivity contribution in [3.63, 3.8) is 0 Å². The molecule has 106 valence electrons. The molecular formula is C16H20N2O2. The molecule has 0 fully saturated rings. The SMILES string of the molecule is CCCCn1cc(C=O)c(-c2ccc(OCC)cc2)n1. The zero-order valence-electron chi connectivity index (χ0n) is 12.0. The predicted molar refractivity (Wildman–Crippen MR) is 79.1 cm³/mol. The number of carbonyl (C=O) groups excluding carboxylic acids is 1. The molecule has 0 bridgehead atoms. The molecule has 0 aliphatic heterocycles. The standard InChI is InChI=1S/C16H20N2O2/c1-3-5-10-18-11-14(12-19)16(17-18)13-6-8-15(9-7-13)20-4-2/h6-9,11-12H,3-5,10H2,1-2H3. The Balaban J connectivity index is 2.26. The van der Waals surface area contributed by atoms with Crippen LogP contribution in [0, 0.1) is 0 Å². The number of nitrogens with zero attached hydrogens (tertiary/aromatic N) is 2. The Morgan fingerprint density at radius 1 is 1.25 bits per heavy atom. The highest BCUT2D eigenvalue weighted by Crippen LogP contribution is 2.23. The van der Waals surface area contributed by atoms with E-state index in [1.54, 1.807) is 0 Å². The van der Waals surface area contributed by atoms with Crippen LogP contribution in [0.3, 0.4) is 0 Å². The Labute approximate surface area is 119 Å². The molecule has 2 rings (SSSR count). The third-order valence-electron chi connectivity index (χ3n) is 3.10. The molecule has 0 spiro atoms. The summed E-state index contributed by atoms with van der Waals surface area (Å²) in [5.41, 5.74) is 2.30. The lowest BCUT2D eigenvalue weighted by Crippen LogP contribution is -1.98. The fourth-order valence-electron chi connectivity index (χ4n) is 2.06. The number of aldehydes is 1. The Hall–Kier alpha value is -2.10. The highest BCUT2D eigenvalue weighted by molar-refractivity contribution is 5.85. The quantitative estimate of drug-likeness (QED) is 0.724. The maximum atomic E-state index is 11.2. The number of ether oxygens (including phenoxy) is 1. The van der Waals surface area contributed by atoms with E-state index < -0.39 is 0 Å². The second-order valence-corrected chi connectivity index (χ2v) is 4.62. The largest absolute Gasteiger partial charge is 0.494 e. The van der Waals surface area contributed by atoms with Gasteiger partial charge in [0.2, 0.25) is 0 Å². The first-order valence-electron chi connectivity index (χ1n) is 7.04. The molecule has 0 saturated carbocycles. The lowest BCUT2D eigenvalue weighted by Gasteiger charge is -2.04. The molecule has 20 heavy (non-hydrogen) atoms.